The largest absolute Gasteiger partial charge is 0.497 e. The van der Waals surface area contributed by atoms with Crippen LogP contribution in [0, 0.1) is 0 Å². The number of aromatic nitrogens is 1. The number of benzene rings is 2. The average Bonchev–Trinajstić information content (AvgIpc) is 3.18. The lowest BCUT2D eigenvalue weighted by atomic mass is 9.99. The first-order chi connectivity index (χ1) is 13.2. The number of rotatable bonds is 5. The van der Waals surface area contributed by atoms with Crippen LogP contribution in [0.15, 0.2) is 60.7 Å². The Kier molecular flexibility index (Phi) is 4.77. The molecule has 5 nitrogen and oxygen atoms in total. The summed E-state index contributed by atoms with van der Waals surface area (Å²) in [5.74, 6) is -0.0226. The number of methoxy groups -OCH3 is 1. The number of carboxylic acid groups (broad SMARTS) is 1. The lowest BCUT2D eigenvalue weighted by molar-refractivity contribution is -0.142. The van der Waals surface area contributed by atoms with Crippen LogP contribution in [-0.4, -0.2) is 40.7 Å². The molecule has 0 saturated carbocycles. The minimum atomic E-state index is -0.777. The van der Waals surface area contributed by atoms with E-state index < -0.39 is 12.0 Å². The molecule has 27 heavy (non-hydrogen) atoms. The Bertz CT molecular complexity index is 972. The number of carboxylic acids is 1. The van der Waals surface area contributed by atoms with Crippen LogP contribution in [-0.2, 0) is 4.79 Å². The van der Waals surface area contributed by atoms with Crippen molar-refractivity contribution >= 4 is 16.9 Å². The van der Waals surface area contributed by atoms with Crippen molar-refractivity contribution in [2.75, 3.05) is 13.7 Å². The maximum atomic E-state index is 11.8. The molecule has 1 saturated heterocycles. The molecule has 2 aromatic carbocycles. The Morgan fingerprint density at radius 3 is 2.85 bits per heavy atom. The van der Waals surface area contributed by atoms with Gasteiger partial charge >= 0.3 is 5.97 Å². The summed E-state index contributed by atoms with van der Waals surface area (Å²) < 4.78 is 5.39. The summed E-state index contributed by atoms with van der Waals surface area (Å²) in [6.07, 6.45) is 1.52. The number of pyridine rings is 1. The number of aliphatic carboxylic acids is 1. The normalized spacial score (nSPS) is 18.5. The molecule has 1 N–H and O–H groups in total. The monoisotopic (exact) mass is 362 g/mol. The second-order valence-electron chi connectivity index (χ2n) is 6.84. The fourth-order valence-corrected chi connectivity index (χ4v) is 3.94. The molecule has 0 aliphatic carbocycles. The number of fused-ring (bicyclic) bond motifs is 1. The van der Waals surface area contributed by atoms with Crippen LogP contribution in [0.4, 0.5) is 0 Å². The first-order valence-electron chi connectivity index (χ1n) is 9.15. The number of hydrogen-bond donors (Lipinski definition) is 1. The lowest BCUT2D eigenvalue weighted by Gasteiger charge is -2.31. The molecule has 1 fully saturated rings. The van der Waals surface area contributed by atoms with Crippen molar-refractivity contribution in [3.8, 4) is 5.75 Å². The summed E-state index contributed by atoms with van der Waals surface area (Å²) in [5, 5.41) is 10.8. The van der Waals surface area contributed by atoms with E-state index in [1.165, 1.54) is 0 Å². The number of hydrogen-bond acceptors (Lipinski definition) is 4. The molecule has 1 aliphatic rings. The second-order valence-corrected chi connectivity index (χ2v) is 6.84. The lowest BCUT2D eigenvalue weighted by Crippen LogP contribution is -2.39. The van der Waals surface area contributed by atoms with E-state index in [2.05, 4.69) is 6.07 Å². The molecule has 0 amide bonds. The number of likely N-dealkylation sites (tertiary alicyclic amines) is 1. The number of ether oxygens (including phenoxy) is 1. The van der Waals surface area contributed by atoms with Gasteiger partial charge in [0.15, 0.2) is 0 Å². The highest BCUT2D eigenvalue weighted by molar-refractivity contribution is 5.78. The van der Waals surface area contributed by atoms with Crippen molar-refractivity contribution in [3.63, 3.8) is 0 Å². The molecule has 1 aliphatic heterocycles. The fourth-order valence-electron chi connectivity index (χ4n) is 3.94. The SMILES string of the molecule is COc1cccc(C(c2ccc3ccccc3n2)N2CCCC2C(=O)O)c1. The fraction of sp³-hybridized carbons (Fsp3) is 0.273. The number of para-hydroxylation sites is 1. The Hall–Kier alpha value is -2.92. The van der Waals surface area contributed by atoms with Crippen molar-refractivity contribution in [3.05, 3.63) is 71.9 Å². The Morgan fingerprint density at radius 1 is 1.19 bits per heavy atom. The summed E-state index contributed by atoms with van der Waals surface area (Å²) in [6.45, 7) is 0.730. The molecule has 4 rings (SSSR count). The van der Waals surface area contributed by atoms with E-state index in [-0.39, 0.29) is 6.04 Å². The van der Waals surface area contributed by atoms with Gasteiger partial charge in [-0.15, -0.1) is 0 Å². The van der Waals surface area contributed by atoms with Gasteiger partial charge in [0.2, 0.25) is 0 Å². The molecule has 2 unspecified atom stereocenters. The third-order valence-corrected chi connectivity index (χ3v) is 5.22. The van der Waals surface area contributed by atoms with Gasteiger partial charge in [0, 0.05) is 11.9 Å². The van der Waals surface area contributed by atoms with Gasteiger partial charge in [-0.25, -0.2) is 0 Å². The summed E-state index contributed by atoms with van der Waals surface area (Å²) in [6, 6.07) is 19.1. The van der Waals surface area contributed by atoms with Gasteiger partial charge in [0.25, 0.3) is 0 Å². The van der Waals surface area contributed by atoms with Crippen LogP contribution in [0.2, 0.25) is 0 Å². The van der Waals surface area contributed by atoms with Gasteiger partial charge < -0.3 is 9.84 Å². The number of nitrogens with zero attached hydrogens (tertiary/aromatic N) is 2. The third-order valence-electron chi connectivity index (χ3n) is 5.22. The van der Waals surface area contributed by atoms with Crippen LogP contribution >= 0.6 is 0 Å². The van der Waals surface area contributed by atoms with Gasteiger partial charge in [-0.05, 0) is 42.7 Å². The van der Waals surface area contributed by atoms with Crippen LogP contribution in [0.25, 0.3) is 10.9 Å². The van der Waals surface area contributed by atoms with Gasteiger partial charge in [0.05, 0.1) is 24.4 Å². The van der Waals surface area contributed by atoms with Gasteiger partial charge in [-0.1, -0.05) is 36.4 Å². The van der Waals surface area contributed by atoms with E-state index in [9.17, 15) is 9.90 Å². The van der Waals surface area contributed by atoms with E-state index in [1.807, 2.05) is 59.5 Å². The highest BCUT2D eigenvalue weighted by Gasteiger charge is 2.37. The van der Waals surface area contributed by atoms with E-state index in [1.54, 1.807) is 7.11 Å². The molecular formula is C22H22N2O3. The molecule has 0 radical (unpaired) electrons. The minimum absolute atomic E-state index is 0.228. The molecule has 138 valence electrons. The zero-order valence-corrected chi connectivity index (χ0v) is 15.2. The molecule has 2 atom stereocenters. The van der Waals surface area contributed by atoms with E-state index in [4.69, 9.17) is 9.72 Å². The molecule has 3 aromatic rings. The maximum absolute atomic E-state index is 11.8. The smallest absolute Gasteiger partial charge is 0.320 e. The van der Waals surface area contributed by atoms with Crippen LogP contribution in [0.1, 0.15) is 30.1 Å². The standard InChI is InChI=1S/C22H22N2O3/c1-27-17-8-4-7-16(14-17)21(24-13-5-10-20(24)22(25)26)19-12-11-15-6-2-3-9-18(15)23-19/h2-4,6-9,11-12,14,20-21H,5,10,13H2,1H3,(H,25,26). The summed E-state index contributed by atoms with van der Waals surface area (Å²) >= 11 is 0. The molecular weight excluding hydrogens is 340 g/mol. The molecule has 1 aromatic heterocycles. The Morgan fingerprint density at radius 2 is 2.04 bits per heavy atom. The summed E-state index contributed by atoms with van der Waals surface area (Å²) in [4.78, 5) is 18.7. The molecule has 0 bridgehead atoms. The zero-order valence-electron chi connectivity index (χ0n) is 15.2. The van der Waals surface area contributed by atoms with Gasteiger partial charge in [-0.2, -0.15) is 0 Å². The predicted octanol–water partition coefficient (Wildman–Crippen LogP) is 3.88. The van der Waals surface area contributed by atoms with E-state index in [0.717, 1.165) is 40.9 Å². The van der Waals surface area contributed by atoms with Crippen molar-refractivity contribution in [2.24, 2.45) is 0 Å². The van der Waals surface area contributed by atoms with E-state index in [0.29, 0.717) is 6.42 Å². The Balaban J connectivity index is 1.84. The first-order valence-corrected chi connectivity index (χ1v) is 9.15. The highest BCUT2D eigenvalue weighted by atomic mass is 16.5. The predicted molar refractivity (Wildman–Crippen MR) is 104 cm³/mol. The second kappa shape index (κ2) is 7.37. The van der Waals surface area contributed by atoms with Gasteiger partial charge in [-0.3, -0.25) is 14.7 Å². The van der Waals surface area contributed by atoms with Crippen molar-refractivity contribution < 1.29 is 14.6 Å². The third kappa shape index (κ3) is 3.38. The quantitative estimate of drug-likeness (QED) is 0.746. The highest BCUT2D eigenvalue weighted by Crippen LogP contribution is 2.36. The molecule has 5 heteroatoms. The topological polar surface area (TPSA) is 62.7 Å². The van der Waals surface area contributed by atoms with Crippen LogP contribution in [0.5, 0.6) is 5.75 Å². The van der Waals surface area contributed by atoms with Crippen LogP contribution < -0.4 is 4.74 Å². The number of carbonyl (C=O) groups is 1. The van der Waals surface area contributed by atoms with Crippen molar-refractivity contribution in [1.82, 2.24) is 9.88 Å². The molecule has 2 heterocycles. The maximum Gasteiger partial charge on any atom is 0.320 e. The summed E-state index contributed by atoms with van der Waals surface area (Å²) in [7, 11) is 1.64. The van der Waals surface area contributed by atoms with Crippen LogP contribution in [0.3, 0.4) is 0 Å². The molecule has 0 spiro atoms. The zero-order chi connectivity index (χ0) is 18.8. The minimum Gasteiger partial charge on any atom is -0.497 e. The average molecular weight is 362 g/mol. The Labute approximate surface area is 158 Å². The van der Waals surface area contributed by atoms with E-state index >= 15 is 0 Å². The van der Waals surface area contributed by atoms with Crippen molar-refractivity contribution in [1.29, 1.82) is 0 Å². The summed E-state index contributed by atoms with van der Waals surface area (Å²) in [5.41, 5.74) is 2.76. The first kappa shape index (κ1) is 17.5. The van der Waals surface area contributed by atoms with Gasteiger partial charge in [0.1, 0.15) is 11.8 Å². The van der Waals surface area contributed by atoms with Crippen molar-refractivity contribution in [2.45, 2.75) is 24.9 Å².